The predicted molar refractivity (Wildman–Crippen MR) is 102 cm³/mol. The number of unbranched alkanes of at least 4 members (excludes halogenated alkanes) is 11. The lowest BCUT2D eigenvalue weighted by molar-refractivity contribution is 0.204. The van der Waals surface area contributed by atoms with Gasteiger partial charge in [0.15, 0.2) is 0 Å². The first-order valence-corrected chi connectivity index (χ1v) is 11.5. The standard InChI is InChI=1S/C19H40O4S/c1-3-5-7-9-11-13-15-17-19(18-23-24(20,21)22)16-14-12-10-8-6-4-2/h19H,3-18H2,1-2H3,(H,20,21,22). The molecule has 1 unspecified atom stereocenters. The van der Waals surface area contributed by atoms with Gasteiger partial charge in [-0.15, -0.1) is 0 Å². The van der Waals surface area contributed by atoms with E-state index in [1.807, 2.05) is 0 Å². The predicted octanol–water partition coefficient (Wildman–Crippen LogP) is 6.31. The fraction of sp³-hybridized carbons (Fsp3) is 1.00. The maximum absolute atomic E-state index is 10.8. The van der Waals surface area contributed by atoms with Crippen LogP contribution in [0.1, 0.15) is 110 Å². The zero-order chi connectivity index (χ0) is 18.1. The third kappa shape index (κ3) is 18.2. The van der Waals surface area contributed by atoms with Crippen molar-refractivity contribution in [2.45, 2.75) is 110 Å². The Kier molecular flexibility index (Phi) is 16.3. The Labute approximate surface area is 150 Å². The van der Waals surface area contributed by atoms with E-state index < -0.39 is 10.4 Å². The van der Waals surface area contributed by atoms with Crippen LogP contribution in [0.4, 0.5) is 0 Å². The van der Waals surface area contributed by atoms with Crippen molar-refractivity contribution in [1.29, 1.82) is 0 Å². The lowest BCUT2D eigenvalue weighted by Gasteiger charge is -2.16. The van der Waals surface area contributed by atoms with Crippen LogP contribution in [-0.4, -0.2) is 19.6 Å². The van der Waals surface area contributed by atoms with Gasteiger partial charge in [-0.2, -0.15) is 8.42 Å². The van der Waals surface area contributed by atoms with E-state index in [1.54, 1.807) is 0 Å². The number of hydrogen-bond acceptors (Lipinski definition) is 3. The maximum atomic E-state index is 10.8. The normalized spacial score (nSPS) is 13.3. The molecule has 0 saturated heterocycles. The molecule has 0 aromatic rings. The third-order valence-corrected chi connectivity index (χ3v) is 5.07. The van der Waals surface area contributed by atoms with E-state index in [1.165, 1.54) is 70.6 Å². The van der Waals surface area contributed by atoms with Crippen LogP contribution >= 0.6 is 0 Å². The average molecular weight is 365 g/mol. The van der Waals surface area contributed by atoms with Crippen molar-refractivity contribution in [2.75, 3.05) is 6.61 Å². The van der Waals surface area contributed by atoms with Gasteiger partial charge in [0.05, 0.1) is 6.61 Å². The van der Waals surface area contributed by atoms with Crippen molar-refractivity contribution in [1.82, 2.24) is 0 Å². The van der Waals surface area contributed by atoms with Gasteiger partial charge < -0.3 is 0 Å². The van der Waals surface area contributed by atoms with Crippen LogP contribution in [0.5, 0.6) is 0 Å². The molecule has 5 heteroatoms. The molecule has 0 saturated carbocycles. The summed E-state index contributed by atoms with van der Waals surface area (Å²) in [7, 11) is -4.31. The smallest absolute Gasteiger partial charge is 0.264 e. The third-order valence-electron chi connectivity index (χ3n) is 4.63. The van der Waals surface area contributed by atoms with Crippen molar-refractivity contribution in [3.8, 4) is 0 Å². The summed E-state index contributed by atoms with van der Waals surface area (Å²) in [4.78, 5) is 0. The Morgan fingerprint density at radius 1 is 0.708 bits per heavy atom. The van der Waals surface area contributed by atoms with E-state index in [0.29, 0.717) is 0 Å². The second-order valence-electron chi connectivity index (χ2n) is 7.04. The summed E-state index contributed by atoms with van der Waals surface area (Å²) in [5, 5.41) is 0. The van der Waals surface area contributed by atoms with Crippen molar-refractivity contribution >= 4 is 10.4 Å². The van der Waals surface area contributed by atoms with Crippen LogP contribution in [0, 0.1) is 5.92 Å². The largest absolute Gasteiger partial charge is 0.397 e. The quantitative estimate of drug-likeness (QED) is 0.228. The fourth-order valence-electron chi connectivity index (χ4n) is 3.10. The molecule has 0 spiro atoms. The van der Waals surface area contributed by atoms with Gasteiger partial charge in [0.2, 0.25) is 0 Å². The SMILES string of the molecule is CCCCCCCCCC(CCCCCCCC)COS(=O)(=O)O. The van der Waals surface area contributed by atoms with Gasteiger partial charge in [-0.25, -0.2) is 4.18 Å². The van der Waals surface area contributed by atoms with E-state index in [4.69, 9.17) is 4.55 Å². The molecule has 0 fully saturated rings. The zero-order valence-electron chi connectivity index (χ0n) is 16.0. The first kappa shape index (κ1) is 23.9. The molecule has 0 heterocycles. The monoisotopic (exact) mass is 364 g/mol. The Bertz CT molecular complexity index is 354. The molecule has 0 amide bonds. The molecule has 1 N–H and O–H groups in total. The molecule has 0 aliphatic rings. The second-order valence-corrected chi connectivity index (χ2v) is 8.14. The lowest BCUT2D eigenvalue weighted by atomic mass is 9.95. The van der Waals surface area contributed by atoms with Crippen molar-refractivity contribution in [3.05, 3.63) is 0 Å². The number of hydrogen-bond donors (Lipinski definition) is 1. The fourth-order valence-corrected chi connectivity index (χ4v) is 3.46. The highest BCUT2D eigenvalue weighted by atomic mass is 32.3. The van der Waals surface area contributed by atoms with Crippen LogP contribution < -0.4 is 0 Å². The molecule has 0 aliphatic heterocycles. The molecular weight excluding hydrogens is 324 g/mol. The minimum atomic E-state index is -4.31. The van der Waals surface area contributed by atoms with Gasteiger partial charge >= 0.3 is 10.4 Å². The molecule has 0 aromatic carbocycles. The van der Waals surface area contributed by atoms with Gasteiger partial charge in [-0.05, 0) is 18.8 Å². The van der Waals surface area contributed by atoms with E-state index in [-0.39, 0.29) is 12.5 Å². The molecule has 0 aliphatic carbocycles. The molecule has 0 radical (unpaired) electrons. The van der Waals surface area contributed by atoms with Gasteiger partial charge in [0, 0.05) is 0 Å². The molecule has 146 valence electrons. The van der Waals surface area contributed by atoms with Crippen LogP contribution in [0.15, 0.2) is 0 Å². The van der Waals surface area contributed by atoms with Crippen LogP contribution in [0.3, 0.4) is 0 Å². The first-order chi connectivity index (χ1) is 11.5. The van der Waals surface area contributed by atoms with Gasteiger partial charge in [-0.3, -0.25) is 4.55 Å². The van der Waals surface area contributed by atoms with Crippen molar-refractivity contribution in [2.24, 2.45) is 5.92 Å². The van der Waals surface area contributed by atoms with E-state index >= 15 is 0 Å². The first-order valence-electron chi connectivity index (χ1n) is 10.1. The number of rotatable bonds is 18. The summed E-state index contributed by atoms with van der Waals surface area (Å²) < 4.78 is 35.0. The average Bonchev–Trinajstić information content (AvgIpc) is 2.53. The Morgan fingerprint density at radius 3 is 1.46 bits per heavy atom. The molecule has 24 heavy (non-hydrogen) atoms. The highest BCUT2D eigenvalue weighted by Crippen LogP contribution is 2.20. The van der Waals surface area contributed by atoms with Crippen LogP contribution in [0.25, 0.3) is 0 Å². The van der Waals surface area contributed by atoms with E-state index in [2.05, 4.69) is 18.0 Å². The van der Waals surface area contributed by atoms with Gasteiger partial charge in [0.25, 0.3) is 0 Å². The topological polar surface area (TPSA) is 63.6 Å². The van der Waals surface area contributed by atoms with Crippen molar-refractivity contribution in [3.63, 3.8) is 0 Å². The lowest BCUT2D eigenvalue weighted by Crippen LogP contribution is -2.14. The molecule has 0 rings (SSSR count). The van der Waals surface area contributed by atoms with E-state index in [0.717, 1.165) is 25.7 Å². The van der Waals surface area contributed by atoms with Crippen LogP contribution in [-0.2, 0) is 14.6 Å². The summed E-state index contributed by atoms with van der Waals surface area (Å²) in [6, 6.07) is 0. The minimum Gasteiger partial charge on any atom is -0.264 e. The van der Waals surface area contributed by atoms with Gasteiger partial charge in [0.1, 0.15) is 0 Å². The summed E-state index contributed by atoms with van der Waals surface area (Å²) in [5.41, 5.74) is 0. The summed E-state index contributed by atoms with van der Waals surface area (Å²) >= 11 is 0. The van der Waals surface area contributed by atoms with E-state index in [9.17, 15) is 8.42 Å². The van der Waals surface area contributed by atoms with Crippen molar-refractivity contribution < 1.29 is 17.2 Å². The highest BCUT2D eigenvalue weighted by Gasteiger charge is 2.13. The van der Waals surface area contributed by atoms with Gasteiger partial charge in [-0.1, -0.05) is 97.3 Å². The Morgan fingerprint density at radius 2 is 1.08 bits per heavy atom. The Hall–Kier alpha value is -0.130. The van der Waals surface area contributed by atoms with Crippen LogP contribution in [0.2, 0.25) is 0 Å². The summed E-state index contributed by atoms with van der Waals surface area (Å²) in [6.07, 6.45) is 18.3. The zero-order valence-corrected chi connectivity index (χ0v) is 16.8. The molecule has 0 bridgehead atoms. The molecule has 1 atom stereocenters. The molecule has 0 aromatic heterocycles. The summed E-state index contributed by atoms with van der Waals surface area (Å²) in [6.45, 7) is 4.57. The molecular formula is C19H40O4S. The summed E-state index contributed by atoms with van der Waals surface area (Å²) in [5.74, 6) is 0.244. The second kappa shape index (κ2) is 16.3. The molecule has 4 nitrogen and oxygen atoms in total. The highest BCUT2D eigenvalue weighted by molar-refractivity contribution is 7.80. The maximum Gasteiger partial charge on any atom is 0.397 e. The minimum absolute atomic E-state index is 0.129. The Balaban J connectivity index is 3.87.